The standard InChI is InChI=1S/C45H31N5/c1-4-14-30(15-5-1)43-46-44(31-16-6-2-7-17-31)48-45(47-43)50-40-23-13-11-21-36(40)38-29-33(25-27-42(38)50)32-24-26-41-37(28-32)35-20-10-12-22-39(35)49(41)34-18-8-3-9-19-34/h1-18,20-29,34H,19H2. The molecule has 0 saturated heterocycles. The summed E-state index contributed by atoms with van der Waals surface area (Å²) in [4.78, 5) is 15.1. The second kappa shape index (κ2) is 11.5. The minimum atomic E-state index is 0.302. The van der Waals surface area contributed by atoms with E-state index in [4.69, 9.17) is 15.0 Å². The zero-order valence-corrected chi connectivity index (χ0v) is 27.2. The third-order valence-corrected chi connectivity index (χ3v) is 9.89. The number of hydrogen-bond acceptors (Lipinski definition) is 3. The van der Waals surface area contributed by atoms with Gasteiger partial charge >= 0.3 is 0 Å². The molecule has 0 N–H and O–H groups in total. The molecule has 0 saturated carbocycles. The third-order valence-electron chi connectivity index (χ3n) is 9.89. The van der Waals surface area contributed by atoms with Crippen LogP contribution >= 0.6 is 0 Å². The molecule has 1 aliphatic carbocycles. The summed E-state index contributed by atoms with van der Waals surface area (Å²) in [5.74, 6) is 1.88. The van der Waals surface area contributed by atoms with Crippen LogP contribution in [-0.4, -0.2) is 24.1 Å². The molecule has 1 unspecified atom stereocenters. The van der Waals surface area contributed by atoms with Gasteiger partial charge in [-0.1, -0.05) is 133 Å². The quantitative estimate of drug-likeness (QED) is 0.188. The van der Waals surface area contributed by atoms with Crippen LogP contribution in [-0.2, 0) is 0 Å². The molecular formula is C45H31N5. The first kappa shape index (κ1) is 28.4. The highest BCUT2D eigenvalue weighted by Gasteiger charge is 2.20. The maximum absolute atomic E-state index is 5.09. The number of benzene rings is 6. The lowest BCUT2D eigenvalue weighted by Gasteiger charge is -2.18. The van der Waals surface area contributed by atoms with E-state index in [0.717, 1.165) is 39.4 Å². The van der Waals surface area contributed by atoms with Crippen molar-refractivity contribution in [2.75, 3.05) is 0 Å². The molecule has 236 valence electrons. The SMILES string of the molecule is C1=CCC(n2c3ccccc3c3cc(-c4ccc5c(c4)c4ccccc4n5-c4nc(-c5ccccc5)nc(-c5ccccc5)n4)ccc32)C=C1. The molecule has 9 aromatic rings. The fraction of sp³-hybridized carbons (Fsp3) is 0.0444. The van der Waals surface area contributed by atoms with Crippen LogP contribution in [0.5, 0.6) is 0 Å². The van der Waals surface area contributed by atoms with E-state index in [-0.39, 0.29) is 0 Å². The highest BCUT2D eigenvalue weighted by molar-refractivity contribution is 6.12. The van der Waals surface area contributed by atoms with E-state index in [0.29, 0.717) is 23.6 Å². The first-order chi connectivity index (χ1) is 24.8. The molecular weight excluding hydrogens is 611 g/mol. The molecule has 1 atom stereocenters. The van der Waals surface area contributed by atoms with Gasteiger partial charge in [-0.25, -0.2) is 4.98 Å². The predicted molar refractivity (Wildman–Crippen MR) is 205 cm³/mol. The number of aromatic nitrogens is 5. The summed E-state index contributed by atoms with van der Waals surface area (Å²) in [6.45, 7) is 0. The zero-order valence-electron chi connectivity index (χ0n) is 27.2. The lowest BCUT2D eigenvalue weighted by atomic mass is 10.0. The van der Waals surface area contributed by atoms with Crippen LogP contribution in [0.15, 0.2) is 170 Å². The van der Waals surface area contributed by atoms with E-state index in [1.807, 2.05) is 60.7 Å². The molecule has 6 aromatic carbocycles. The Hall–Kier alpha value is -6.59. The van der Waals surface area contributed by atoms with Crippen molar-refractivity contribution in [1.82, 2.24) is 24.1 Å². The van der Waals surface area contributed by atoms with E-state index >= 15 is 0 Å². The van der Waals surface area contributed by atoms with Crippen LogP contribution in [0.25, 0.3) is 83.5 Å². The van der Waals surface area contributed by atoms with Gasteiger partial charge in [-0.05, 0) is 53.9 Å². The third kappa shape index (κ3) is 4.59. The molecule has 3 aromatic heterocycles. The largest absolute Gasteiger partial charge is 0.333 e. The Labute approximate surface area is 289 Å². The van der Waals surface area contributed by atoms with Gasteiger partial charge in [0.15, 0.2) is 11.6 Å². The van der Waals surface area contributed by atoms with Gasteiger partial charge in [-0.15, -0.1) is 0 Å². The Kier molecular flexibility index (Phi) is 6.56. The summed E-state index contributed by atoms with van der Waals surface area (Å²) in [7, 11) is 0. The Bertz CT molecular complexity index is 2730. The van der Waals surface area contributed by atoms with Gasteiger partial charge < -0.3 is 4.57 Å². The summed E-state index contributed by atoms with van der Waals surface area (Å²) >= 11 is 0. The second-order valence-corrected chi connectivity index (χ2v) is 12.8. The smallest absolute Gasteiger partial charge is 0.238 e. The number of nitrogens with zero attached hydrogens (tertiary/aromatic N) is 5. The highest BCUT2D eigenvalue weighted by atomic mass is 15.2. The minimum Gasteiger partial charge on any atom is -0.333 e. The molecule has 5 nitrogen and oxygen atoms in total. The van der Waals surface area contributed by atoms with E-state index < -0.39 is 0 Å². The van der Waals surface area contributed by atoms with Crippen LogP contribution in [0.2, 0.25) is 0 Å². The Morgan fingerprint density at radius 3 is 1.60 bits per heavy atom. The lowest BCUT2D eigenvalue weighted by molar-refractivity contribution is 0.648. The molecule has 5 heteroatoms. The van der Waals surface area contributed by atoms with Crippen LogP contribution in [0, 0.1) is 0 Å². The maximum Gasteiger partial charge on any atom is 0.238 e. The topological polar surface area (TPSA) is 48.5 Å². The van der Waals surface area contributed by atoms with Gasteiger partial charge in [0.2, 0.25) is 5.95 Å². The number of para-hydroxylation sites is 2. The van der Waals surface area contributed by atoms with Crippen LogP contribution in [0.3, 0.4) is 0 Å². The Balaban J connectivity index is 1.16. The molecule has 1 aliphatic rings. The van der Waals surface area contributed by atoms with Gasteiger partial charge in [-0.2, -0.15) is 9.97 Å². The summed E-state index contributed by atoms with van der Waals surface area (Å²) in [5, 5.41) is 4.86. The molecule has 0 radical (unpaired) electrons. The molecule has 0 aliphatic heterocycles. The highest BCUT2D eigenvalue weighted by Crippen LogP contribution is 2.39. The predicted octanol–water partition coefficient (Wildman–Crippen LogP) is 11.1. The summed E-state index contributed by atoms with van der Waals surface area (Å²) in [5.41, 5.74) is 8.89. The van der Waals surface area contributed by atoms with Crippen molar-refractivity contribution in [2.45, 2.75) is 12.5 Å². The summed E-state index contributed by atoms with van der Waals surface area (Å²) in [6.07, 6.45) is 9.86. The first-order valence-electron chi connectivity index (χ1n) is 17.1. The van der Waals surface area contributed by atoms with Crippen LogP contribution < -0.4 is 0 Å². The van der Waals surface area contributed by atoms with Crippen molar-refractivity contribution in [1.29, 1.82) is 0 Å². The van der Waals surface area contributed by atoms with E-state index in [1.165, 1.54) is 32.9 Å². The van der Waals surface area contributed by atoms with Crippen molar-refractivity contribution in [3.63, 3.8) is 0 Å². The number of hydrogen-bond donors (Lipinski definition) is 0. The molecule has 10 rings (SSSR count). The van der Waals surface area contributed by atoms with Gasteiger partial charge in [0, 0.05) is 43.7 Å². The van der Waals surface area contributed by atoms with Gasteiger partial charge in [-0.3, -0.25) is 4.57 Å². The van der Waals surface area contributed by atoms with Crippen molar-refractivity contribution < 1.29 is 0 Å². The van der Waals surface area contributed by atoms with Crippen molar-refractivity contribution >= 4 is 43.6 Å². The van der Waals surface area contributed by atoms with Crippen LogP contribution in [0.4, 0.5) is 0 Å². The first-order valence-corrected chi connectivity index (χ1v) is 17.1. The Morgan fingerprint density at radius 1 is 0.440 bits per heavy atom. The number of rotatable bonds is 5. The summed E-state index contributed by atoms with van der Waals surface area (Å²) < 4.78 is 4.67. The van der Waals surface area contributed by atoms with Gasteiger partial charge in [0.25, 0.3) is 0 Å². The van der Waals surface area contributed by atoms with Gasteiger partial charge in [0.05, 0.1) is 17.1 Å². The second-order valence-electron chi connectivity index (χ2n) is 12.8. The molecule has 50 heavy (non-hydrogen) atoms. The number of fused-ring (bicyclic) bond motifs is 6. The molecule has 0 amide bonds. The summed E-state index contributed by atoms with van der Waals surface area (Å²) in [6, 6.07) is 51.6. The van der Waals surface area contributed by atoms with Gasteiger partial charge in [0.1, 0.15) is 0 Å². The monoisotopic (exact) mass is 641 g/mol. The lowest BCUT2D eigenvalue weighted by Crippen LogP contribution is -2.06. The number of allylic oxidation sites excluding steroid dienone is 4. The van der Waals surface area contributed by atoms with E-state index in [2.05, 4.69) is 118 Å². The maximum atomic E-state index is 5.09. The molecule has 0 fully saturated rings. The fourth-order valence-corrected chi connectivity index (χ4v) is 7.56. The molecule has 0 spiro atoms. The normalized spacial score (nSPS) is 14.4. The zero-order chi connectivity index (χ0) is 33.0. The van der Waals surface area contributed by atoms with E-state index in [9.17, 15) is 0 Å². The average Bonchev–Trinajstić information content (AvgIpc) is 3.71. The Morgan fingerprint density at radius 2 is 0.960 bits per heavy atom. The molecule has 3 heterocycles. The fourth-order valence-electron chi connectivity index (χ4n) is 7.56. The minimum absolute atomic E-state index is 0.302. The molecule has 0 bridgehead atoms. The average molecular weight is 642 g/mol. The van der Waals surface area contributed by atoms with Crippen molar-refractivity contribution in [2.24, 2.45) is 0 Å². The van der Waals surface area contributed by atoms with Crippen molar-refractivity contribution in [3.8, 4) is 39.9 Å². The van der Waals surface area contributed by atoms with E-state index in [1.54, 1.807) is 0 Å². The van der Waals surface area contributed by atoms with Crippen molar-refractivity contribution in [3.05, 3.63) is 170 Å². The van der Waals surface area contributed by atoms with Crippen LogP contribution in [0.1, 0.15) is 12.5 Å².